The third kappa shape index (κ3) is 1.63. The third-order valence-corrected chi connectivity index (χ3v) is 2.62. The molecule has 2 aromatic rings. The number of imidazole rings is 1. The van der Waals surface area contributed by atoms with E-state index in [4.69, 9.17) is 16.7 Å². The lowest BCUT2D eigenvalue weighted by molar-refractivity contribution is -0.140. The fourth-order valence-electron chi connectivity index (χ4n) is 1.64. The van der Waals surface area contributed by atoms with E-state index >= 15 is 0 Å². The van der Waals surface area contributed by atoms with Crippen LogP contribution in [0.4, 0.5) is 0 Å². The Morgan fingerprint density at radius 3 is 2.94 bits per heavy atom. The standard InChI is InChI=1S/C10H10ClN3O2/c1-5(10(15)16)14-6(2)13-8-3-7(11)4-12-9(8)14/h3-5H,1-2H3,(H,15,16). The molecule has 0 radical (unpaired) electrons. The zero-order valence-electron chi connectivity index (χ0n) is 8.81. The second-order valence-electron chi connectivity index (χ2n) is 3.54. The Morgan fingerprint density at radius 2 is 2.31 bits per heavy atom. The molecule has 0 amide bonds. The molecule has 6 heteroatoms. The minimum atomic E-state index is -0.917. The largest absolute Gasteiger partial charge is 0.480 e. The first-order valence-electron chi connectivity index (χ1n) is 4.73. The summed E-state index contributed by atoms with van der Waals surface area (Å²) in [5, 5.41) is 9.48. The van der Waals surface area contributed by atoms with E-state index in [2.05, 4.69) is 9.97 Å². The molecule has 0 fully saturated rings. The van der Waals surface area contributed by atoms with Gasteiger partial charge in [0.05, 0.1) is 5.02 Å². The van der Waals surface area contributed by atoms with Crippen LogP contribution in [0.5, 0.6) is 0 Å². The van der Waals surface area contributed by atoms with Crippen LogP contribution < -0.4 is 0 Å². The highest BCUT2D eigenvalue weighted by molar-refractivity contribution is 6.31. The summed E-state index contributed by atoms with van der Waals surface area (Å²) >= 11 is 5.79. The van der Waals surface area contributed by atoms with Crippen LogP contribution >= 0.6 is 11.6 Å². The molecule has 5 nitrogen and oxygen atoms in total. The van der Waals surface area contributed by atoms with Gasteiger partial charge in [-0.05, 0) is 19.9 Å². The fourth-order valence-corrected chi connectivity index (χ4v) is 1.80. The summed E-state index contributed by atoms with van der Waals surface area (Å²) in [6, 6.07) is 0.973. The van der Waals surface area contributed by atoms with Crippen LogP contribution in [0.3, 0.4) is 0 Å². The van der Waals surface area contributed by atoms with Crippen molar-refractivity contribution in [3.8, 4) is 0 Å². The number of pyridine rings is 1. The first-order valence-corrected chi connectivity index (χ1v) is 5.11. The van der Waals surface area contributed by atoms with Gasteiger partial charge in [0.1, 0.15) is 17.4 Å². The van der Waals surface area contributed by atoms with E-state index in [-0.39, 0.29) is 0 Å². The van der Waals surface area contributed by atoms with Gasteiger partial charge in [0, 0.05) is 6.20 Å². The monoisotopic (exact) mass is 239 g/mol. The molecule has 1 N–H and O–H groups in total. The average molecular weight is 240 g/mol. The predicted octanol–water partition coefficient (Wildman–Crippen LogP) is 2.04. The van der Waals surface area contributed by atoms with Gasteiger partial charge in [0.25, 0.3) is 0 Å². The Balaban J connectivity index is 2.69. The van der Waals surface area contributed by atoms with Gasteiger partial charge in [0.15, 0.2) is 5.65 Å². The van der Waals surface area contributed by atoms with Gasteiger partial charge in [-0.3, -0.25) is 4.57 Å². The van der Waals surface area contributed by atoms with Crippen LogP contribution in [0, 0.1) is 6.92 Å². The molecule has 1 atom stereocenters. The molecule has 0 saturated carbocycles. The maximum Gasteiger partial charge on any atom is 0.326 e. The number of rotatable bonds is 2. The number of carboxylic acid groups (broad SMARTS) is 1. The molecule has 0 aliphatic carbocycles. The van der Waals surface area contributed by atoms with Gasteiger partial charge in [-0.1, -0.05) is 11.6 Å². The topological polar surface area (TPSA) is 68.0 Å². The molecule has 0 saturated heterocycles. The molecule has 2 rings (SSSR count). The molecule has 0 aromatic carbocycles. The quantitative estimate of drug-likeness (QED) is 0.871. The summed E-state index contributed by atoms with van der Waals surface area (Å²) in [7, 11) is 0. The van der Waals surface area contributed by atoms with Gasteiger partial charge in [0.2, 0.25) is 0 Å². The van der Waals surface area contributed by atoms with E-state index in [9.17, 15) is 4.79 Å². The van der Waals surface area contributed by atoms with Crippen molar-refractivity contribution >= 4 is 28.7 Å². The van der Waals surface area contributed by atoms with Crippen LogP contribution in [0.1, 0.15) is 18.8 Å². The molecule has 16 heavy (non-hydrogen) atoms. The number of nitrogens with zero attached hydrogens (tertiary/aromatic N) is 3. The van der Waals surface area contributed by atoms with Crippen molar-refractivity contribution in [1.29, 1.82) is 0 Å². The van der Waals surface area contributed by atoms with Crippen molar-refractivity contribution in [1.82, 2.24) is 14.5 Å². The predicted molar refractivity (Wildman–Crippen MR) is 59.6 cm³/mol. The van der Waals surface area contributed by atoms with Crippen LogP contribution in [-0.4, -0.2) is 25.6 Å². The Labute approximate surface area is 96.7 Å². The summed E-state index contributed by atoms with van der Waals surface area (Å²) in [6.07, 6.45) is 1.48. The summed E-state index contributed by atoms with van der Waals surface area (Å²) in [5.74, 6) is -0.307. The SMILES string of the molecule is Cc1nc2cc(Cl)cnc2n1C(C)C(=O)O. The molecule has 0 bridgehead atoms. The number of aryl methyl sites for hydroxylation is 1. The van der Waals surface area contributed by atoms with Crippen LogP contribution in [0.2, 0.25) is 5.02 Å². The number of hydrogen-bond donors (Lipinski definition) is 1. The molecule has 2 aromatic heterocycles. The first-order chi connectivity index (χ1) is 7.50. The van der Waals surface area contributed by atoms with E-state index in [1.54, 1.807) is 24.5 Å². The number of aliphatic carboxylic acids is 1. The third-order valence-electron chi connectivity index (χ3n) is 2.42. The lowest BCUT2D eigenvalue weighted by atomic mass is 10.3. The highest BCUT2D eigenvalue weighted by Crippen LogP contribution is 2.21. The molecular weight excluding hydrogens is 230 g/mol. The number of carbonyl (C=O) groups is 1. The maximum atomic E-state index is 11.0. The van der Waals surface area contributed by atoms with Crippen molar-refractivity contribution in [3.05, 3.63) is 23.1 Å². The summed E-state index contributed by atoms with van der Waals surface area (Å²) in [4.78, 5) is 19.3. The lowest BCUT2D eigenvalue weighted by Gasteiger charge is -2.10. The number of hydrogen-bond acceptors (Lipinski definition) is 3. The fraction of sp³-hybridized carbons (Fsp3) is 0.300. The van der Waals surface area contributed by atoms with Crippen molar-refractivity contribution < 1.29 is 9.90 Å². The molecule has 84 valence electrons. The average Bonchev–Trinajstić information content (AvgIpc) is 2.51. The summed E-state index contributed by atoms with van der Waals surface area (Å²) in [5.41, 5.74) is 1.15. The molecule has 1 unspecified atom stereocenters. The number of fused-ring (bicyclic) bond motifs is 1. The van der Waals surface area contributed by atoms with E-state index in [0.29, 0.717) is 22.0 Å². The molecule has 0 aliphatic rings. The lowest BCUT2D eigenvalue weighted by Crippen LogP contribution is -2.17. The van der Waals surface area contributed by atoms with Crippen molar-refractivity contribution in [2.75, 3.05) is 0 Å². The van der Waals surface area contributed by atoms with Gasteiger partial charge >= 0.3 is 5.97 Å². The van der Waals surface area contributed by atoms with Gasteiger partial charge in [-0.2, -0.15) is 0 Å². The minimum absolute atomic E-state index is 0.486. The van der Waals surface area contributed by atoms with Crippen molar-refractivity contribution in [2.45, 2.75) is 19.9 Å². The Bertz CT molecular complexity index is 564. The van der Waals surface area contributed by atoms with Gasteiger partial charge in [-0.25, -0.2) is 14.8 Å². The van der Waals surface area contributed by atoms with Crippen molar-refractivity contribution in [3.63, 3.8) is 0 Å². The smallest absolute Gasteiger partial charge is 0.326 e. The van der Waals surface area contributed by atoms with Gasteiger partial charge in [-0.15, -0.1) is 0 Å². The molecule has 2 heterocycles. The van der Waals surface area contributed by atoms with Crippen LogP contribution in [-0.2, 0) is 4.79 Å². The van der Waals surface area contributed by atoms with E-state index in [0.717, 1.165) is 0 Å². The Hall–Kier alpha value is -1.62. The molecule has 0 spiro atoms. The highest BCUT2D eigenvalue weighted by Gasteiger charge is 2.19. The summed E-state index contributed by atoms with van der Waals surface area (Å²) < 4.78 is 1.58. The zero-order valence-corrected chi connectivity index (χ0v) is 9.56. The second kappa shape index (κ2) is 3.75. The van der Waals surface area contributed by atoms with E-state index < -0.39 is 12.0 Å². The normalized spacial score (nSPS) is 12.9. The molecular formula is C10H10ClN3O2. The van der Waals surface area contributed by atoms with Gasteiger partial charge < -0.3 is 5.11 Å². The van der Waals surface area contributed by atoms with E-state index in [1.807, 2.05) is 0 Å². The Morgan fingerprint density at radius 1 is 1.62 bits per heavy atom. The maximum absolute atomic E-state index is 11.0. The number of aromatic nitrogens is 3. The highest BCUT2D eigenvalue weighted by atomic mass is 35.5. The van der Waals surface area contributed by atoms with Crippen LogP contribution in [0.15, 0.2) is 12.3 Å². The minimum Gasteiger partial charge on any atom is -0.480 e. The molecule has 0 aliphatic heterocycles. The van der Waals surface area contributed by atoms with Crippen LogP contribution in [0.25, 0.3) is 11.2 Å². The Kier molecular flexibility index (Phi) is 2.55. The number of carboxylic acids is 1. The second-order valence-corrected chi connectivity index (χ2v) is 3.98. The van der Waals surface area contributed by atoms with E-state index in [1.165, 1.54) is 6.20 Å². The van der Waals surface area contributed by atoms with Crippen molar-refractivity contribution in [2.24, 2.45) is 0 Å². The number of halogens is 1. The first kappa shape index (κ1) is 10.9. The zero-order chi connectivity index (χ0) is 11.9. The summed E-state index contributed by atoms with van der Waals surface area (Å²) in [6.45, 7) is 3.34.